The lowest BCUT2D eigenvalue weighted by molar-refractivity contribution is 0.190. The van der Waals surface area contributed by atoms with Crippen LogP contribution in [0.25, 0.3) is 0 Å². The van der Waals surface area contributed by atoms with Gasteiger partial charge in [0, 0.05) is 12.7 Å². The Morgan fingerprint density at radius 3 is 3.06 bits per heavy atom. The Morgan fingerprint density at radius 2 is 2.41 bits per heavy atom. The van der Waals surface area contributed by atoms with Crippen molar-refractivity contribution in [3.63, 3.8) is 0 Å². The van der Waals surface area contributed by atoms with Crippen LogP contribution < -0.4 is 15.4 Å². The first-order chi connectivity index (χ1) is 8.13. The summed E-state index contributed by atoms with van der Waals surface area (Å²) in [6.07, 6.45) is 1.00. The number of nitrogens with zero attached hydrogens (tertiary/aromatic N) is 1. The molecule has 1 aromatic heterocycles. The fraction of sp³-hybridized carbons (Fsp3) is 0.455. The highest BCUT2D eigenvalue weighted by molar-refractivity contribution is 5.90. The molecule has 1 unspecified atom stereocenters. The Bertz CT molecular complexity index is 369. The van der Waals surface area contributed by atoms with E-state index in [1.54, 1.807) is 25.3 Å². The quantitative estimate of drug-likeness (QED) is 0.715. The van der Waals surface area contributed by atoms with Crippen molar-refractivity contribution in [3.8, 4) is 5.88 Å². The number of hydrogen-bond donors (Lipinski definition) is 3. The molecule has 0 spiro atoms. The lowest BCUT2D eigenvalue weighted by Gasteiger charge is -2.11. The SMILES string of the molecule is CCOc1ncccc1NC(=O)NCC(C)O. The van der Waals surface area contributed by atoms with Gasteiger partial charge in [-0.15, -0.1) is 0 Å². The van der Waals surface area contributed by atoms with Crippen molar-refractivity contribution >= 4 is 11.7 Å². The van der Waals surface area contributed by atoms with Crippen LogP contribution in [0.5, 0.6) is 5.88 Å². The second-order valence-electron chi connectivity index (χ2n) is 3.47. The summed E-state index contributed by atoms with van der Waals surface area (Å²) in [5.41, 5.74) is 0.498. The van der Waals surface area contributed by atoms with E-state index in [0.717, 1.165) is 0 Å². The second-order valence-corrected chi connectivity index (χ2v) is 3.47. The number of carbonyl (C=O) groups excluding carboxylic acids is 1. The third-order valence-corrected chi connectivity index (χ3v) is 1.86. The molecular formula is C11H17N3O3. The molecule has 2 amide bonds. The van der Waals surface area contributed by atoms with Crippen LogP contribution in [0.3, 0.4) is 0 Å². The third-order valence-electron chi connectivity index (χ3n) is 1.86. The zero-order valence-corrected chi connectivity index (χ0v) is 9.93. The van der Waals surface area contributed by atoms with Gasteiger partial charge in [0.15, 0.2) is 0 Å². The van der Waals surface area contributed by atoms with Crippen LogP contribution in [-0.2, 0) is 0 Å². The molecule has 6 nitrogen and oxygen atoms in total. The Labute approximate surface area is 100 Å². The summed E-state index contributed by atoms with van der Waals surface area (Å²) >= 11 is 0. The first-order valence-corrected chi connectivity index (χ1v) is 5.44. The molecule has 1 rings (SSSR count). The Balaban J connectivity index is 2.58. The zero-order valence-electron chi connectivity index (χ0n) is 9.93. The number of amides is 2. The van der Waals surface area contributed by atoms with Crippen LogP contribution in [0.15, 0.2) is 18.3 Å². The molecule has 1 heterocycles. The summed E-state index contributed by atoms with van der Waals surface area (Å²) in [6.45, 7) is 4.10. The minimum absolute atomic E-state index is 0.191. The predicted octanol–water partition coefficient (Wildman–Crippen LogP) is 0.983. The van der Waals surface area contributed by atoms with Crippen LogP contribution in [0, 0.1) is 0 Å². The van der Waals surface area contributed by atoms with Gasteiger partial charge >= 0.3 is 6.03 Å². The van der Waals surface area contributed by atoms with Crippen LogP contribution in [0.2, 0.25) is 0 Å². The van der Waals surface area contributed by atoms with Crippen molar-refractivity contribution in [2.24, 2.45) is 0 Å². The van der Waals surface area contributed by atoms with Gasteiger partial charge in [0.1, 0.15) is 5.69 Å². The molecule has 0 saturated heterocycles. The van der Waals surface area contributed by atoms with Crippen molar-refractivity contribution in [2.45, 2.75) is 20.0 Å². The molecule has 94 valence electrons. The molecule has 0 saturated carbocycles. The number of urea groups is 1. The average molecular weight is 239 g/mol. The summed E-state index contributed by atoms with van der Waals surface area (Å²) in [5.74, 6) is 0.377. The molecule has 0 aliphatic rings. The molecule has 0 fully saturated rings. The van der Waals surface area contributed by atoms with E-state index in [4.69, 9.17) is 9.84 Å². The number of aliphatic hydroxyl groups is 1. The summed E-state index contributed by atoms with van der Waals surface area (Å²) in [7, 11) is 0. The molecule has 1 atom stereocenters. The van der Waals surface area contributed by atoms with Gasteiger partial charge in [0.05, 0.1) is 12.7 Å². The first kappa shape index (κ1) is 13.2. The minimum atomic E-state index is -0.582. The van der Waals surface area contributed by atoms with Crippen LogP contribution >= 0.6 is 0 Å². The van der Waals surface area contributed by atoms with Crippen LogP contribution in [0.1, 0.15) is 13.8 Å². The summed E-state index contributed by atoms with van der Waals surface area (Å²) in [4.78, 5) is 15.5. The number of hydrogen-bond acceptors (Lipinski definition) is 4. The number of pyridine rings is 1. The van der Waals surface area contributed by atoms with Crippen molar-refractivity contribution in [1.82, 2.24) is 10.3 Å². The molecule has 0 aliphatic heterocycles. The highest BCUT2D eigenvalue weighted by atomic mass is 16.5. The average Bonchev–Trinajstić information content (AvgIpc) is 2.29. The van der Waals surface area contributed by atoms with E-state index in [0.29, 0.717) is 18.2 Å². The maximum absolute atomic E-state index is 11.5. The van der Waals surface area contributed by atoms with Gasteiger partial charge in [0.2, 0.25) is 5.88 Å². The molecule has 1 aromatic rings. The molecule has 0 radical (unpaired) electrons. The van der Waals surface area contributed by atoms with Gasteiger partial charge < -0.3 is 20.5 Å². The smallest absolute Gasteiger partial charge is 0.319 e. The number of nitrogens with one attached hydrogen (secondary N) is 2. The fourth-order valence-electron chi connectivity index (χ4n) is 1.14. The van der Waals surface area contributed by atoms with Crippen molar-refractivity contribution in [2.75, 3.05) is 18.5 Å². The van der Waals surface area contributed by atoms with Gasteiger partial charge in [0.25, 0.3) is 0 Å². The van der Waals surface area contributed by atoms with Gasteiger partial charge in [-0.05, 0) is 26.0 Å². The van der Waals surface area contributed by atoms with E-state index in [-0.39, 0.29) is 6.54 Å². The number of carbonyl (C=O) groups is 1. The molecule has 0 aromatic carbocycles. The predicted molar refractivity (Wildman–Crippen MR) is 64.1 cm³/mol. The Morgan fingerprint density at radius 1 is 1.65 bits per heavy atom. The van der Waals surface area contributed by atoms with E-state index in [9.17, 15) is 4.79 Å². The van der Waals surface area contributed by atoms with E-state index in [1.165, 1.54) is 0 Å². The maximum Gasteiger partial charge on any atom is 0.319 e. The summed E-state index contributed by atoms with van der Waals surface area (Å²) in [5, 5.41) is 14.1. The lowest BCUT2D eigenvalue weighted by atomic mass is 10.4. The Kier molecular flexibility index (Phi) is 5.22. The maximum atomic E-state index is 11.5. The number of anilines is 1. The molecular weight excluding hydrogens is 222 g/mol. The Hall–Kier alpha value is -1.82. The fourth-order valence-corrected chi connectivity index (χ4v) is 1.14. The number of aliphatic hydroxyl groups excluding tert-OH is 1. The molecule has 17 heavy (non-hydrogen) atoms. The molecule has 0 bridgehead atoms. The monoisotopic (exact) mass is 239 g/mol. The van der Waals surface area contributed by atoms with Crippen LogP contribution in [0.4, 0.5) is 10.5 Å². The summed E-state index contributed by atoms with van der Waals surface area (Å²) in [6, 6.07) is 2.99. The lowest BCUT2D eigenvalue weighted by Crippen LogP contribution is -2.34. The van der Waals surface area contributed by atoms with Crippen molar-refractivity contribution < 1.29 is 14.6 Å². The van der Waals surface area contributed by atoms with E-state index < -0.39 is 12.1 Å². The van der Waals surface area contributed by atoms with Gasteiger partial charge in [-0.1, -0.05) is 0 Å². The van der Waals surface area contributed by atoms with E-state index in [2.05, 4.69) is 15.6 Å². The minimum Gasteiger partial charge on any atom is -0.476 e. The zero-order chi connectivity index (χ0) is 12.7. The highest BCUT2D eigenvalue weighted by Crippen LogP contribution is 2.19. The molecule has 0 aliphatic carbocycles. The highest BCUT2D eigenvalue weighted by Gasteiger charge is 2.08. The molecule has 6 heteroatoms. The second kappa shape index (κ2) is 6.70. The van der Waals surface area contributed by atoms with Gasteiger partial charge in [-0.25, -0.2) is 9.78 Å². The number of ether oxygens (including phenoxy) is 1. The first-order valence-electron chi connectivity index (χ1n) is 5.44. The van der Waals surface area contributed by atoms with Crippen molar-refractivity contribution in [1.29, 1.82) is 0 Å². The largest absolute Gasteiger partial charge is 0.476 e. The number of rotatable bonds is 5. The van der Waals surface area contributed by atoms with Crippen LogP contribution in [-0.4, -0.2) is 35.4 Å². The van der Waals surface area contributed by atoms with Gasteiger partial charge in [-0.3, -0.25) is 0 Å². The standard InChI is InChI=1S/C11H17N3O3/c1-3-17-10-9(5-4-6-12-10)14-11(16)13-7-8(2)15/h4-6,8,15H,3,7H2,1-2H3,(H2,13,14,16). The summed E-state index contributed by atoms with van der Waals surface area (Å²) < 4.78 is 5.26. The van der Waals surface area contributed by atoms with Gasteiger partial charge in [-0.2, -0.15) is 0 Å². The normalized spacial score (nSPS) is 11.7. The van der Waals surface area contributed by atoms with E-state index in [1.807, 2.05) is 6.92 Å². The topological polar surface area (TPSA) is 83.5 Å². The molecule has 3 N–H and O–H groups in total. The number of aromatic nitrogens is 1. The van der Waals surface area contributed by atoms with E-state index >= 15 is 0 Å². The van der Waals surface area contributed by atoms with Crippen molar-refractivity contribution in [3.05, 3.63) is 18.3 Å². The third kappa shape index (κ3) is 4.69.